The van der Waals surface area contributed by atoms with Crippen LogP contribution in [0.3, 0.4) is 0 Å². The van der Waals surface area contributed by atoms with Gasteiger partial charge >= 0.3 is 0 Å². The maximum atomic E-state index is 14.0. The Bertz CT molecular complexity index is 1490. The van der Waals surface area contributed by atoms with E-state index in [4.69, 9.17) is 4.52 Å². The fourth-order valence-corrected chi connectivity index (χ4v) is 4.70. The SMILES string of the molecule is C=CC(=O)N(C)Cc1cnn(Cc2cc(C)c3c(NS(=O)(=O)c4ccccc4F)noc3c2)c1. The number of halogens is 1. The van der Waals surface area contributed by atoms with E-state index < -0.39 is 20.7 Å². The second-order valence-electron chi connectivity index (χ2n) is 7.80. The van der Waals surface area contributed by atoms with E-state index in [0.29, 0.717) is 24.1 Å². The molecule has 2 heterocycles. The predicted octanol–water partition coefficient (Wildman–Crippen LogP) is 3.47. The van der Waals surface area contributed by atoms with Crippen molar-refractivity contribution >= 4 is 32.7 Å². The van der Waals surface area contributed by atoms with Crippen LogP contribution in [-0.2, 0) is 27.9 Å². The molecule has 4 rings (SSSR count). The third-order valence-electron chi connectivity index (χ3n) is 5.19. The number of likely N-dealkylation sites (N-methyl/N-ethyl adjacent to an activating group) is 1. The molecule has 1 amide bonds. The zero-order chi connectivity index (χ0) is 24.5. The van der Waals surface area contributed by atoms with E-state index >= 15 is 0 Å². The number of aryl methyl sites for hydroxylation is 1. The standard InChI is InChI=1S/C23H22FN5O4S/c1-4-21(30)28(3)12-17-11-25-29(14-17)13-16-9-15(2)22-19(10-16)33-26-23(22)27-34(31,32)20-8-6-5-7-18(20)24/h4-11,14H,1,12-13H2,2-3H3,(H,26,27). The lowest BCUT2D eigenvalue weighted by Gasteiger charge is -2.13. The van der Waals surface area contributed by atoms with E-state index in [-0.39, 0.29) is 11.7 Å². The van der Waals surface area contributed by atoms with E-state index in [1.54, 1.807) is 30.9 Å². The second kappa shape index (κ2) is 9.10. The van der Waals surface area contributed by atoms with Gasteiger partial charge in [0, 0.05) is 25.4 Å². The van der Waals surface area contributed by atoms with Crippen molar-refractivity contribution in [3.63, 3.8) is 0 Å². The van der Waals surface area contributed by atoms with Crippen molar-refractivity contribution < 1.29 is 22.1 Å². The fraction of sp³-hybridized carbons (Fsp3) is 0.174. The van der Waals surface area contributed by atoms with Crippen LogP contribution in [0.1, 0.15) is 16.7 Å². The zero-order valence-electron chi connectivity index (χ0n) is 18.5. The summed E-state index contributed by atoms with van der Waals surface area (Å²) in [4.78, 5) is 12.7. The average molecular weight is 484 g/mol. The van der Waals surface area contributed by atoms with E-state index in [2.05, 4.69) is 21.6 Å². The molecule has 2 aromatic heterocycles. The largest absolute Gasteiger partial charge is 0.354 e. The Kier molecular flexibility index (Phi) is 6.20. The Morgan fingerprint density at radius 1 is 1.29 bits per heavy atom. The number of nitrogens with zero attached hydrogens (tertiary/aromatic N) is 4. The first-order valence-electron chi connectivity index (χ1n) is 10.2. The number of fused-ring (bicyclic) bond motifs is 1. The molecule has 176 valence electrons. The Hall–Kier alpha value is -3.99. The van der Waals surface area contributed by atoms with Gasteiger partial charge in [-0.1, -0.05) is 29.9 Å². The molecule has 0 unspecified atom stereocenters. The molecule has 34 heavy (non-hydrogen) atoms. The zero-order valence-corrected chi connectivity index (χ0v) is 19.3. The number of rotatable bonds is 8. The van der Waals surface area contributed by atoms with Gasteiger partial charge in [-0.25, -0.2) is 12.8 Å². The van der Waals surface area contributed by atoms with E-state index in [0.717, 1.165) is 22.8 Å². The molecule has 1 N–H and O–H groups in total. The van der Waals surface area contributed by atoms with Crippen LogP contribution in [0.2, 0.25) is 0 Å². The minimum absolute atomic E-state index is 0.0152. The minimum atomic E-state index is -4.19. The van der Waals surface area contributed by atoms with Crippen LogP contribution in [0.25, 0.3) is 11.0 Å². The highest BCUT2D eigenvalue weighted by Crippen LogP contribution is 2.30. The van der Waals surface area contributed by atoms with Gasteiger partial charge in [-0.2, -0.15) is 5.10 Å². The molecular formula is C23H22FN5O4S. The highest BCUT2D eigenvalue weighted by Gasteiger charge is 2.23. The monoisotopic (exact) mass is 483 g/mol. The van der Waals surface area contributed by atoms with E-state index in [1.807, 2.05) is 12.3 Å². The predicted molar refractivity (Wildman–Crippen MR) is 124 cm³/mol. The summed E-state index contributed by atoms with van der Waals surface area (Å²) >= 11 is 0. The lowest BCUT2D eigenvalue weighted by atomic mass is 10.1. The number of anilines is 1. The van der Waals surface area contributed by atoms with Crippen molar-refractivity contribution in [1.29, 1.82) is 0 Å². The molecule has 0 bridgehead atoms. The fourth-order valence-electron chi connectivity index (χ4n) is 3.62. The summed E-state index contributed by atoms with van der Waals surface area (Å²) < 4.78 is 48.7. The van der Waals surface area contributed by atoms with Gasteiger partial charge in [0.15, 0.2) is 11.4 Å². The number of sulfonamides is 1. The van der Waals surface area contributed by atoms with Crippen molar-refractivity contribution in [1.82, 2.24) is 19.8 Å². The van der Waals surface area contributed by atoms with Crippen molar-refractivity contribution in [3.05, 3.63) is 84.0 Å². The molecule has 11 heteroatoms. The first kappa shape index (κ1) is 23.2. The quantitative estimate of drug-likeness (QED) is 0.384. The molecule has 0 aliphatic heterocycles. The molecule has 2 aromatic carbocycles. The van der Waals surface area contributed by atoms with Gasteiger partial charge in [-0.3, -0.25) is 14.2 Å². The molecule has 0 fully saturated rings. The molecule has 0 atom stereocenters. The lowest BCUT2D eigenvalue weighted by Crippen LogP contribution is -2.23. The number of hydrogen-bond donors (Lipinski definition) is 1. The highest BCUT2D eigenvalue weighted by atomic mass is 32.2. The molecule has 4 aromatic rings. The molecule has 0 saturated carbocycles. The number of carbonyl (C=O) groups is 1. The number of hydrogen-bond acceptors (Lipinski definition) is 6. The third-order valence-corrected chi connectivity index (χ3v) is 6.56. The number of carbonyl (C=O) groups excluding carboxylic acids is 1. The number of amides is 1. The average Bonchev–Trinajstić information content (AvgIpc) is 3.39. The topological polar surface area (TPSA) is 110 Å². The molecular weight excluding hydrogens is 461 g/mol. The Balaban J connectivity index is 1.55. The molecule has 0 radical (unpaired) electrons. The highest BCUT2D eigenvalue weighted by molar-refractivity contribution is 7.92. The molecule has 0 aliphatic carbocycles. The van der Waals surface area contributed by atoms with Crippen LogP contribution in [0, 0.1) is 12.7 Å². The Morgan fingerprint density at radius 3 is 2.79 bits per heavy atom. The van der Waals surface area contributed by atoms with Crippen LogP contribution in [0.4, 0.5) is 10.2 Å². The van der Waals surface area contributed by atoms with E-state index in [1.165, 1.54) is 29.2 Å². The van der Waals surface area contributed by atoms with Gasteiger partial charge in [-0.15, -0.1) is 0 Å². The van der Waals surface area contributed by atoms with Crippen LogP contribution < -0.4 is 4.72 Å². The van der Waals surface area contributed by atoms with Crippen molar-refractivity contribution in [2.24, 2.45) is 0 Å². The normalized spacial score (nSPS) is 11.5. The summed E-state index contributed by atoms with van der Waals surface area (Å²) in [5.41, 5.74) is 2.82. The summed E-state index contributed by atoms with van der Waals surface area (Å²) in [6, 6.07) is 8.71. The van der Waals surface area contributed by atoms with Crippen LogP contribution in [0.5, 0.6) is 0 Å². The van der Waals surface area contributed by atoms with Crippen molar-refractivity contribution in [2.75, 3.05) is 11.8 Å². The second-order valence-corrected chi connectivity index (χ2v) is 9.45. The Labute approximate surface area is 195 Å². The van der Waals surface area contributed by atoms with E-state index in [9.17, 15) is 17.6 Å². The van der Waals surface area contributed by atoms with Gasteiger partial charge in [-0.05, 0) is 42.3 Å². The summed E-state index contributed by atoms with van der Waals surface area (Å²) in [7, 11) is -2.51. The van der Waals surface area contributed by atoms with Gasteiger partial charge in [0.2, 0.25) is 5.91 Å². The summed E-state index contributed by atoms with van der Waals surface area (Å²) in [6.07, 6.45) is 4.77. The number of aromatic nitrogens is 3. The maximum Gasteiger partial charge on any atom is 0.266 e. The van der Waals surface area contributed by atoms with Crippen molar-refractivity contribution in [3.8, 4) is 0 Å². The molecule has 9 nitrogen and oxygen atoms in total. The first-order valence-corrected chi connectivity index (χ1v) is 11.7. The van der Waals surface area contributed by atoms with Crippen molar-refractivity contribution in [2.45, 2.75) is 24.9 Å². The molecule has 0 spiro atoms. The van der Waals surface area contributed by atoms with Gasteiger partial charge < -0.3 is 9.42 Å². The number of benzene rings is 2. The maximum absolute atomic E-state index is 14.0. The summed E-state index contributed by atoms with van der Waals surface area (Å²) in [5.74, 6) is -1.06. The van der Waals surface area contributed by atoms with Crippen LogP contribution in [-0.4, -0.2) is 41.2 Å². The first-order chi connectivity index (χ1) is 16.2. The van der Waals surface area contributed by atoms with Gasteiger partial charge in [0.1, 0.15) is 10.7 Å². The third kappa shape index (κ3) is 4.69. The smallest absolute Gasteiger partial charge is 0.266 e. The number of nitrogens with one attached hydrogen (secondary N) is 1. The minimum Gasteiger partial charge on any atom is -0.354 e. The van der Waals surface area contributed by atoms with Crippen LogP contribution in [0.15, 0.2) is 70.9 Å². The van der Waals surface area contributed by atoms with Gasteiger partial charge in [0.25, 0.3) is 10.0 Å². The molecule has 0 aliphatic rings. The van der Waals surface area contributed by atoms with Crippen LogP contribution >= 0.6 is 0 Å². The Morgan fingerprint density at radius 2 is 2.06 bits per heavy atom. The van der Waals surface area contributed by atoms with Gasteiger partial charge in [0.05, 0.1) is 18.1 Å². The lowest BCUT2D eigenvalue weighted by molar-refractivity contribution is -0.125. The summed E-state index contributed by atoms with van der Waals surface area (Å²) in [5, 5.41) is 8.67. The molecule has 0 saturated heterocycles. The summed E-state index contributed by atoms with van der Waals surface area (Å²) in [6.45, 7) is 6.10.